The molecule has 0 aliphatic heterocycles. The van der Waals surface area contributed by atoms with Crippen LogP contribution in [0.2, 0.25) is 0 Å². The Bertz CT molecular complexity index is 419. The van der Waals surface area contributed by atoms with Gasteiger partial charge in [-0.1, -0.05) is 24.8 Å². The van der Waals surface area contributed by atoms with Gasteiger partial charge in [0.1, 0.15) is 0 Å². The Labute approximate surface area is 122 Å². The molecule has 1 aromatic rings. The van der Waals surface area contributed by atoms with Crippen LogP contribution in [0.25, 0.3) is 6.08 Å². The molecule has 0 atom stereocenters. The molecule has 1 saturated carbocycles. The van der Waals surface area contributed by atoms with Crippen LogP contribution in [0.4, 0.5) is 0 Å². The van der Waals surface area contributed by atoms with E-state index >= 15 is 0 Å². The van der Waals surface area contributed by atoms with E-state index in [1.807, 2.05) is 17.9 Å². The first-order valence-electron chi connectivity index (χ1n) is 7.69. The highest BCUT2D eigenvalue weighted by molar-refractivity contribution is 5.50. The number of ether oxygens (including phenoxy) is 1. The minimum Gasteiger partial charge on any atom is -0.383 e. The molecule has 20 heavy (non-hydrogen) atoms. The van der Waals surface area contributed by atoms with Crippen LogP contribution in [0.1, 0.15) is 37.8 Å². The molecule has 1 aromatic heterocycles. The minimum absolute atomic E-state index is 0.730. The highest BCUT2D eigenvalue weighted by Crippen LogP contribution is 2.30. The summed E-state index contributed by atoms with van der Waals surface area (Å²) in [5.74, 6) is 0.730. The van der Waals surface area contributed by atoms with Gasteiger partial charge < -0.3 is 10.1 Å². The van der Waals surface area contributed by atoms with Gasteiger partial charge in [0.25, 0.3) is 0 Å². The molecule has 0 radical (unpaired) electrons. The van der Waals surface area contributed by atoms with Gasteiger partial charge in [0.15, 0.2) is 0 Å². The Morgan fingerprint density at radius 3 is 2.90 bits per heavy atom. The number of aryl methyl sites for hydroxylation is 1. The lowest BCUT2D eigenvalue weighted by molar-refractivity contribution is 0.200. The van der Waals surface area contributed by atoms with E-state index in [2.05, 4.69) is 22.6 Å². The van der Waals surface area contributed by atoms with Gasteiger partial charge in [0, 0.05) is 33.4 Å². The smallest absolute Gasteiger partial charge is 0.0606 e. The molecular weight excluding hydrogens is 250 g/mol. The van der Waals surface area contributed by atoms with Gasteiger partial charge in [-0.2, -0.15) is 5.10 Å². The molecule has 1 aliphatic carbocycles. The van der Waals surface area contributed by atoms with Crippen LogP contribution in [0.15, 0.2) is 17.8 Å². The van der Waals surface area contributed by atoms with Gasteiger partial charge in [-0.3, -0.25) is 4.68 Å². The number of methoxy groups -OCH3 is 1. The van der Waals surface area contributed by atoms with Crippen LogP contribution in [-0.4, -0.2) is 36.6 Å². The molecule has 1 aliphatic rings. The van der Waals surface area contributed by atoms with Crippen molar-refractivity contribution < 1.29 is 4.74 Å². The lowest BCUT2D eigenvalue weighted by Crippen LogP contribution is -2.25. The molecule has 1 fully saturated rings. The molecule has 0 spiro atoms. The van der Waals surface area contributed by atoms with Gasteiger partial charge in [-0.05, 0) is 30.9 Å². The van der Waals surface area contributed by atoms with E-state index < -0.39 is 0 Å². The molecule has 0 saturated heterocycles. The molecule has 0 aromatic carbocycles. The van der Waals surface area contributed by atoms with E-state index in [4.69, 9.17) is 4.74 Å². The average Bonchev–Trinajstić information content (AvgIpc) is 2.88. The Morgan fingerprint density at radius 2 is 2.25 bits per heavy atom. The van der Waals surface area contributed by atoms with Gasteiger partial charge in [-0.15, -0.1) is 0 Å². The monoisotopic (exact) mass is 277 g/mol. The SMILES string of the molecule is COCCNCC(=Cc1ccnn1C)C1CCCCC1. The lowest BCUT2D eigenvalue weighted by atomic mass is 9.83. The number of rotatable bonds is 7. The van der Waals surface area contributed by atoms with E-state index in [0.717, 1.165) is 25.6 Å². The Balaban J connectivity index is 2.02. The van der Waals surface area contributed by atoms with Crippen molar-refractivity contribution in [3.05, 3.63) is 23.5 Å². The zero-order valence-corrected chi connectivity index (χ0v) is 12.8. The summed E-state index contributed by atoms with van der Waals surface area (Å²) < 4.78 is 7.04. The number of hydrogen-bond acceptors (Lipinski definition) is 3. The van der Waals surface area contributed by atoms with Crippen molar-refractivity contribution in [2.45, 2.75) is 32.1 Å². The second-order valence-electron chi connectivity index (χ2n) is 5.60. The molecule has 0 amide bonds. The second kappa shape index (κ2) is 8.22. The predicted octanol–water partition coefficient (Wildman–Crippen LogP) is 2.62. The summed E-state index contributed by atoms with van der Waals surface area (Å²) in [5, 5.41) is 7.75. The van der Waals surface area contributed by atoms with E-state index in [1.54, 1.807) is 7.11 Å². The third-order valence-electron chi connectivity index (χ3n) is 4.13. The molecule has 0 unspecified atom stereocenters. The highest BCUT2D eigenvalue weighted by Gasteiger charge is 2.18. The Hall–Kier alpha value is -1.13. The average molecular weight is 277 g/mol. The zero-order valence-electron chi connectivity index (χ0n) is 12.8. The third kappa shape index (κ3) is 4.46. The predicted molar refractivity (Wildman–Crippen MR) is 82.5 cm³/mol. The molecule has 112 valence electrons. The number of nitrogens with zero attached hydrogens (tertiary/aromatic N) is 2. The third-order valence-corrected chi connectivity index (χ3v) is 4.13. The molecule has 4 heteroatoms. The van der Waals surface area contributed by atoms with E-state index in [0.29, 0.717) is 0 Å². The van der Waals surface area contributed by atoms with Crippen molar-refractivity contribution in [3.63, 3.8) is 0 Å². The van der Waals surface area contributed by atoms with Crippen LogP contribution in [-0.2, 0) is 11.8 Å². The van der Waals surface area contributed by atoms with Crippen LogP contribution < -0.4 is 5.32 Å². The highest BCUT2D eigenvalue weighted by atomic mass is 16.5. The van der Waals surface area contributed by atoms with Gasteiger partial charge in [0.2, 0.25) is 0 Å². The van der Waals surface area contributed by atoms with Crippen molar-refractivity contribution in [1.29, 1.82) is 0 Å². The molecule has 1 N–H and O–H groups in total. The lowest BCUT2D eigenvalue weighted by Gasteiger charge is -2.25. The maximum atomic E-state index is 5.10. The standard InChI is InChI=1S/C16H27N3O/c1-19-16(8-9-18-19)12-15(13-17-10-11-20-2)14-6-4-3-5-7-14/h8-9,12,14,17H,3-7,10-11,13H2,1-2H3. The second-order valence-corrected chi connectivity index (χ2v) is 5.60. The van der Waals surface area contributed by atoms with E-state index in [1.165, 1.54) is 43.4 Å². The van der Waals surface area contributed by atoms with E-state index in [-0.39, 0.29) is 0 Å². The summed E-state index contributed by atoms with van der Waals surface area (Å²) in [7, 11) is 3.75. The first-order valence-corrected chi connectivity index (χ1v) is 7.69. The molecule has 1 heterocycles. The van der Waals surface area contributed by atoms with Gasteiger partial charge in [0.05, 0.1) is 12.3 Å². The van der Waals surface area contributed by atoms with Crippen LogP contribution in [0.5, 0.6) is 0 Å². The van der Waals surface area contributed by atoms with Crippen LogP contribution in [0, 0.1) is 5.92 Å². The molecule has 0 bridgehead atoms. The van der Waals surface area contributed by atoms with Crippen LogP contribution in [0.3, 0.4) is 0 Å². The van der Waals surface area contributed by atoms with Crippen LogP contribution >= 0.6 is 0 Å². The van der Waals surface area contributed by atoms with Crippen molar-refractivity contribution >= 4 is 6.08 Å². The summed E-state index contributed by atoms with van der Waals surface area (Å²) in [4.78, 5) is 0. The fourth-order valence-electron chi connectivity index (χ4n) is 2.91. The fraction of sp³-hybridized carbons (Fsp3) is 0.688. The Morgan fingerprint density at radius 1 is 1.45 bits per heavy atom. The van der Waals surface area contributed by atoms with Crippen molar-refractivity contribution in [2.75, 3.05) is 26.8 Å². The Kier molecular flexibility index (Phi) is 6.27. The maximum absolute atomic E-state index is 5.10. The first-order chi connectivity index (χ1) is 9.81. The van der Waals surface area contributed by atoms with Crippen molar-refractivity contribution in [3.8, 4) is 0 Å². The molecular formula is C16H27N3O. The quantitative estimate of drug-likeness (QED) is 0.779. The number of aromatic nitrogens is 2. The summed E-state index contributed by atoms with van der Waals surface area (Å²) in [6.07, 6.45) is 11.0. The summed E-state index contributed by atoms with van der Waals surface area (Å²) in [6, 6.07) is 2.08. The van der Waals surface area contributed by atoms with E-state index in [9.17, 15) is 0 Å². The molecule has 2 rings (SSSR count). The summed E-state index contributed by atoms with van der Waals surface area (Å²) in [5.41, 5.74) is 2.71. The van der Waals surface area contributed by atoms with Gasteiger partial charge in [-0.25, -0.2) is 0 Å². The van der Waals surface area contributed by atoms with Crippen molar-refractivity contribution in [2.24, 2.45) is 13.0 Å². The summed E-state index contributed by atoms with van der Waals surface area (Å²) >= 11 is 0. The largest absolute Gasteiger partial charge is 0.383 e. The first kappa shape index (κ1) is 15.3. The fourth-order valence-corrected chi connectivity index (χ4v) is 2.91. The number of nitrogens with one attached hydrogen (secondary N) is 1. The maximum Gasteiger partial charge on any atom is 0.0606 e. The normalized spacial score (nSPS) is 17.6. The number of hydrogen-bond donors (Lipinski definition) is 1. The zero-order chi connectivity index (χ0) is 14.2. The molecule has 4 nitrogen and oxygen atoms in total. The topological polar surface area (TPSA) is 39.1 Å². The minimum atomic E-state index is 0.730. The van der Waals surface area contributed by atoms with Gasteiger partial charge >= 0.3 is 0 Å². The van der Waals surface area contributed by atoms with Crippen molar-refractivity contribution in [1.82, 2.24) is 15.1 Å². The summed E-state index contributed by atoms with van der Waals surface area (Å²) in [6.45, 7) is 2.63.